The molecule has 134 valence electrons. The minimum absolute atomic E-state index is 0.0778. The molecule has 1 atom stereocenters. The molecule has 0 radical (unpaired) electrons. The van der Waals surface area contributed by atoms with E-state index in [1.165, 1.54) is 17.4 Å². The third-order valence-corrected chi connectivity index (χ3v) is 3.97. The van der Waals surface area contributed by atoms with Gasteiger partial charge in [-0.3, -0.25) is 4.90 Å². The summed E-state index contributed by atoms with van der Waals surface area (Å²) >= 11 is 0. The summed E-state index contributed by atoms with van der Waals surface area (Å²) in [5.41, 5.74) is 2.47. The number of rotatable bonds is 10. The van der Waals surface area contributed by atoms with Crippen LogP contribution in [0.3, 0.4) is 0 Å². The molecule has 0 bridgehead atoms. The van der Waals surface area contributed by atoms with E-state index in [9.17, 15) is 0 Å². The minimum Gasteiger partial charge on any atom is -0.498 e. The second-order valence-electron chi connectivity index (χ2n) is 5.98. The highest BCUT2D eigenvalue weighted by Crippen LogP contribution is 2.17. The second-order valence-corrected chi connectivity index (χ2v) is 5.98. The van der Waals surface area contributed by atoms with Crippen molar-refractivity contribution < 1.29 is 14.2 Å². The zero-order chi connectivity index (χ0) is 18.1. The summed E-state index contributed by atoms with van der Waals surface area (Å²) in [5.74, 6) is 1.74. The smallest absolute Gasteiger partial charge is 0.118 e. The van der Waals surface area contributed by atoms with Crippen LogP contribution in [0.2, 0.25) is 0 Å². The number of ether oxygens (including phenoxy) is 3. The van der Waals surface area contributed by atoms with Crippen LogP contribution >= 0.6 is 0 Å². The van der Waals surface area contributed by atoms with Crippen molar-refractivity contribution in [2.45, 2.75) is 26.1 Å². The number of benzene rings is 2. The molecular formula is C21H27NO3. The van der Waals surface area contributed by atoms with Crippen molar-refractivity contribution in [2.24, 2.45) is 0 Å². The highest BCUT2D eigenvalue weighted by Gasteiger charge is 2.12. The van der Waals surface area contributed by atoms with Gasteiger partial charge >= 0.3 is 0 Å². The summed E-state index contributed by atoms with van der Waals surface area (Å²) in [6.07, 6.45) is 1.58. The van der Waals surface area contributed by atoms with E-state index in [2.05, 4.69) is 42.7 Å². The topological polar surface area (TPSA) is 30.9 Å². The molecule has 2 aromatic rings. The number of methoxy groups -OCH3 is 2. The van der Waals surface area contributed by atoms with Gasteiger partial charge in [0, 0.05) is 19.6 Å². The van der Waals surface area contributed by atoms with Gasteiger partial charge in [-0.25, -0.2) is 0 Å². The lowest BCUT2D eigenvalue weighted by molar-refractivity contribution is 0.101. The Morgan fingerprint density at radius 3 is 1.68 bits per heavy atom. The quantitative estimate of drug-likeness (QED) is 0.604. The van der Waals surface area contributed by atoms with Crippen molar-refractivity contribution in [3.05, 3.63) is 72.5 Å². The predicted octanol–water partition coefficient (Wildman–Crippen LogP) is 4.25. The first-order chi connectivity index (χ1) is 12.1. The molecule has 1 unspecified atom stereocenters. The zero-order valence-corrected chi connectivity index (χ0v) is 15.3. The summed E-state index contributed by atoms with van der Waals surface area (Å²) in [6.45, 7) is 8.18. The molecule has 2 aromatic carbocycles. The largest absolute Gasteiger partial charge is 0.498 e. The summed E-state index contributed by atoms with van der Waals surface area (Å²) in [5, 5.41) is 0. The molecule has 0 aliphatic rings. The third kappa shape index (κ3) is 6.16. The van der Waals surface area contributed by atoms with Crippen LogP contribution in [-0.2, 0) is 17.8 Å². The van der Waals surface area contributed by atoms with Gasteiger partial charge in [0.2, 0.25) is 0 Å². The van der Waals surface area contributed by atoms with Gasteiger partial charge in [0.15, 0.2) is 0 Å². The summed E-state index contributed by atoms with van der Waals surface area (Å²) < 4.78 is 16.0. The van der Waals surface area contributed by atoms with Crippen LogP contribution in [0.15, 0.2) is 61.4 Å². The fraction of sp³-hybridized carbons (Fsp3) is 0.333. The Morgan fingerprint density at radius 1 is 0.880 bits per heavy atom. The molecule has 4 heteroatoms. The van der Waals surface area contributed by atoms with Crippen LogP contribution in [-0.4, -0.2) is 31.8 Å². The molecule has 2 rings (SSSR count). The van der Waals surface area contributed by atoms with Crippen molar-refractivity contribution in [3.63, 3.8) is 0 Å². The van der Waals surface area contributed by atoms with E-state index in [0.717, 1.165) is 31.1 Å². The van der Waals surface area contributed by atoms with Crippen LogP contribution < -0.4 is 9.47 Å². The molecule has 0 saturated carbocycles. The number of hydrogen-bond acceptors (Lipinski definition) is 4. The standard InChI is InChI=1S/C21H27NO3/c1-5-25-17(2)14-22(15-18-6-10-20(23-3)11-7-18)16-19-8-12-21(24-4)13-9-19/h5-13,17H,1,14-16H2,2-4H3. The Labute approximate surface area is 150 Å². The van der Waals surface area contributed by atoms with Crippen molar-refractivity contribution in [2.75, 3.05) is 20.8 Å². The van der Waals surface area contributed by atoms with Crippen molar-refractivity contribution in [1.82, 2.24) is 4.90 Å². The average Bonchev–Trinajstić information content (AvgIpc) is 2.63. The Morgan fingerprint density at radius 2 is 1.32 bits per heavy atom. The maximum Gasteiger partial charge on any atom is 0.118 e. The lowest BCUT2D eigenvalue weighted by atomic mass is 10.1. The monoisotopic (exact) mass is 341 g/mol. The van der Waals surface area contributed by atoms with Crippen LogP contribution in [0, 0.1) is 0 Å². The van der Waals surface area contributed by atoms with E-state index in [-0.39, 0.29) is 6.10 Å². The first kappa shape index (κ1) is 18.9. The minimum atomic E-state index is 0.0778. The van der Waals surface area contributed by atoms with Crippen molar-refractivity contribution >= 4 is 0 Å². The molecule has 0 spiro atoms. The fourth-order valence-electron chi connectivity index (χ4n) is 2.73. The zero-order valence-electron chi connectivity index (χ0n) is 15.3. The first-order valence-electron chi connectivity index (χ1n) is 8.39. The number of nitrogens with zero attached hydrogens (tertiary/aromatic N) is 1. The molecule has 0 aromatic heterocycles. The molecular weight excluding hydrogens is 314 g/mol. The molecule has 0 fully saturated rings. The summed E-state index contributed by atoms with van der Waals surface area (Å²) in [4.78, 5) is 2.36. The first-order valence-corrected chi connectivity index (χ1v) is 8.39. The van der Waals surface area contributed by atoms with E-state index in [1.54, 1.807) is 14.2 Å². The van der Waals surface area contributed by atoms with Gasteiger partial charge in [0.05, 0.1) is 20.5 Å². The van der Waals surface area contributed by atoms with Crippen LogP contribution in [0.25, 0.3) is 0 Å². The van der Waals surface area contributed by atoms with E-state index >= 15 is 0 Å². The Bertz CT molecular complexity index is 588. The average molecular weight is 341 g/mol. The third-order valence-electron chi connectivity index (χ3n) is 3.97. The predicted molar refractivity (Wildman–Crippen MR) is 101 cm³/mol. The van der Waals surface area contributed by atoms with E-state index in [1.807, 2.05) is 24.3 Å². The van der Waals surface area contributed by atoms with Crippen LogP contribution in [0.1, 0.15) is 18.1 Å². The van der Waals surface area contributed by atoms with Gasteiger partial charge in [-0.1, -0.05) is 30.8 Å². The number of hydrogen-bond donors (Lipinski definition) is 0. The molecule has 4 nitrogen and oxygen atoms in total. The molecule has 0 saturated heterocycles. The van der Waals surface area contributed by atoms with Gasteiger partial charge < -0.3 is 14.2 Å². The summed E-state index contributed by atoms with van der Waals surface area (Å²) in [7, 11) is 3.36. The van der Waals surface area contributed by atoms with Crippen LogP contribution in [0.4, 0.5) is 0 Å². The molecule has 0 heterocycles. The lowest BCUT2D eigenvalue weighted by Crippen LogP contribution is -2.31. The maximum absolute atomic E-state index is 5.50. The van der Waals surface area contributed by atoms with Crippen molar-refractivity contribution in [3.8, 4) is 11.5 Å². The van der Waals surface area contributed by atoms with Gasteiger partial charge in [0.1, 0.15) is 17.6 Å². The fourth-order valence-corrected chi connectivity index (χ4v) is 2.73. The van der Waals surface area contributed by atoms with Gasteiger partial charge in [-0.05, 0) is 42.3 Å². The maximum atomic E-state index is 5.50. The highest BCUT2D eigenvalue weighted by molar-refractivity contribution is 5.28. The normalized spacial score (nSPS) is 11.8. The SMILES string of the molecule is C=COC(C)CN(Cc1ccc(OC)cc1)Cc1ccc(OC)cc1. The highest BCUT2D eigenvalue weighted by atomic mass is 16.5. The van der Waals surface area contributed by atoms with Gasteiger partial charge in [-0.2, -0.15) is 0 Å². The van der Waals surface area contributed by atoms with E-state index in [0.29, 0.717) is 0 Å². The Hall–Kier alpha value is -2.46. The van der Waals surface area contributed by atoms with E-state index in [4.69, 9.17) is 14.2 Å². The van der Waals surface area contributed by atoms with Gasteiger partial charge in [-0.15, -0.1) is 0 Å². The lowest BCUT2D eigenvalue weighted by Gasteiger charge is -2.25. The molecule has 0 amide bonds. The second kappa shape index (κ2) is 9.74. The molecule has 0 N–H and O–H groups in total. The molecule has 25 heavy (non-hydrogen) atoms. The molecule has 0 aliphatic heterocycles. The van der Waals surface area contributed by atoms with Gasteiger partial charge in [0.25, 0.3) is 0 Å². The summed E-state index contributed by atoms with van der Waals surface area (Å²) in [6, 6.07) is 16.3. The van der Waals surface area contributed by atoms with Crippen LogP contribution in [0.5, 0.6) is 11.5 Å². The molecule has 0 aliphatic carbocycles. The van der Waals surface area contributed by atoms with Crippen molar-refractivity contribution in [1.29, 1.82) is 0 Å². The van der Waals surface area contributed by atoms with E-state index < -0.39 is 0 Å². The Kier molecular flexibility index (Phi) is 7.36. The Balaban J connectivity index is 2.08.